The van der Waals surface area contributed by atoms with Crippen LogP contribution in [0.4, 0.5) is 28.9 Å². The average Bonchev–Trinajstić information content (AvgIpc) is 2.68. The second-order valence-corrected chi connectivity index (χ2v) is 5.78. The van der Waals surface area contributed by atoms with Gasteiger partial charge in [0.2, 0.25) is 11.6 Å². The fourth-order valence-electron chi connectivity index (χ4n) is 2.59. The number of morpholine rings is 1. The number of hydrogen-bond acceptors (Lipinski definition) is 4. The Morgan fingerprint density at radius 3 is 2.22 bits per heavy atom. The molecule has 1 N–H and O–H groups in total. The second kappa shape index (κ2) is 8.26. The Morgan fingerprint density at radius 2 is 1.63 bits per heavy atom. The Bertz CT molecular complexity index is 798. The molecule has 0 saturated carbocycles. The third kappa shape index (κ3) is 4.48. The van der Waals surface area contributed by atoms with Gasteiger partial charge in [-0.15, -0.1) is 0 Å². The van der Waals surface area contributed by atoms with Crippen molar-refractivity contribution in [3.63, 3.8) is 0 Å². The van der Waals surface area contributed by atoms with Crippen LogP contribution in [0.5, 0.6) is 5.75 Å². The van der Waals surface area contributed by atoms with Crippen molar-refractivity contribution in [2.45, 2.75) is 0 Å². The summed E-state index contributed by atoms with van der Waals surface area (Å²) in [4.78, 5) is 14.0. The van der Waals surface area contributed by atoms with Gasteiger partial charge in [0, 0.05) is 30.5 Å². The van der Waals surface area contributed by atoms with Gasteiger partial charge in [-0.05, 0) is 24.3 Å². The largest absolute Gasteiger partial charge is 0.477 e. The van der Waals surface area contributed by atoms with E-state index in [2.05, 4.69) is 15.0 Å². The zero-order valence-electron chi connectivity index (χ0n) is 14.1. The van der Waals surface area contributed by atoms with Crippen LogP contribution in [-0.4, -0.2) is 38.8 Å². The van der Waals surface area contributed by atoms with Gasteiger partial charge in [0.1, 0.15) is 0 Å². The fourth-order valence-corrected chi connectivity index (χ4v) is 2.59. The lowest BCUT2D eigenvalue weighted by molar-refractivity contribution is -0.118. The van der Waals surface area contributed by atoms with Crippen LogP contribution in [0, 0.1) is 23.3 Å². The van der Waals surface area contributed by atoms with E-state index in [1.165, 1.54) is 0 Å². The summed E-state index contributed by atoms with van der Waals surface area (Å²) in [6, 6.07) is 7.00. The molecule has 0 spiro atoms. The maximum atomic E-state index is 13.5. The lowest BCUT2D eigenvalue weighted by Gasteiger charge is -2.28. The third-order valence-corrected chi connectivity index (χ3v) is 3.95. The van der Waals surface area contributed by atoms with Gasteiger partial charge < -0.3 is 19.7 Å². The number of ether oxygens (including phenoxy) is 2. The number of rotatable bonds is 5. The summed E-state index contributed by atoms with van der Waals surface area (Å²) >= 11 is 0. The molecule has 0 bridgehead atoms. The highest BCUT2D eigenvalue weighted by Crippen LogP contribution is 2.26. The van der Waals surface area contributed by atoms with Gasteiger partial charge in [0.05, 0.1) is 13.2 Å². The van der Waals surface area contributed by atoms with Crippen molar-refractivity contribution in [2.24, 2.45) is 0 Å². The number of benzene rings is 2. The number of hydrogen-bond donors (Lipinski definition) is 1. The molecule has 5 nitrogen and oxygen atoms in total. The summed E-state index contributed by atoms with van der Waals surface area (Å²) in [5, 5.41) is 2.47. The normalized spacial score (nSPS) is 14.1. The number of nitrogens with one attached hydrogen (secondary N) is 1. The molecule has 0 atom stereocenters. The van der Waals surface area contributed by atoms with Gasteiger partial charge in [-0.3, -0.25) is 4.79 Å². The Kier molecular flexibility index (Phi) is 5.80. The van der Waals surface area contributed by atoms with E-state index in [1.807, 2.05) is 12.1 Å². The van der Waals surface area contributed by atoms with Gasteiger partial charge in [-0.2, -0.15) is 8.78 Å². The second-order valence-electron chi connectivity index (χ2n) is 5.78. The number of carbonyl (C=O) groups excluding carboxylic acids is 1. The lowest BCUT2D eigenvalue weighted by Crippen LogP contribution is -2.36. The van der Waals surface area contributed by atoms with E-state index in [0.29, 0.717) is 18.9 Å². The monoisotopic (exact) mass is 384 g/mol. The van der Waals surface area contributed by atoms with Crippen LogP contribution in [0.1, 0.15) is 0 Å². The molecule has 1 aliphatic heterocycles. The zero-order chi connectivity index (χ0) is 19.4. The first kappa shape index (κ1) is 19.0. The van der Waals surface area contributed by atoms with Gasteiger partial charge >= 0.3 is 0 Å². The molecule has 0 unspecified atom stereocenters. The third-order valence-electron chi connectivity index (χ3n) is 3.95. The molecule has 1 aliphatic rings. The van der Waals surface area contributed by atoms with Crippen molar-refractivity contribution >= 4 is 17.3 Å². The molecule has 1 heterocycles. The molecular formula is C18H16F4N2O3. The highest BCUT2D eigenvalue weighted by molar-refractivity contribution is 5.92. The number of anilines is 2. The average molecular weight is 384 g/mol. The molecule has 144 valence electrons. The predicted octanol–water partition coefficient (Wildman–Crippen LogP) is 3.10. The standard InChI is InChI=1S/C18H16F4N2O3/c19-13-9-14(20)17(22)18(16(13)21)27-10-15(25)23-11-1-3-12(4-2-11)24-5-7-26-8-6-24/h1-4,9H,5-8,10H2,(H,23,25). The molecule has 3 rings (SSSR count). The Hall–Kier alpha value is -2.81. The predicted molar refractivity (Wildman–Crippen MR) is 89.9 cm³/mol. The van der Waals surface area contributed by atoms with Gasteiger partial charge in [-0.25, -0.2) is 8.78 Å². The maximum Gasteiger partial charge on any atom is 0.262 e. The Morgan fingerprint density at radius 1 is 1.04 bits per heavy atom. The number of halogens is 4. The van der Waals surface area contributed by atoms with Crippen LogP contribution < -0.4 is 15.0 Å². The van der Waals surface area contributed by atoms with Crippen molar-refractivity contribution in [2.75, 3.05) is 43.1 Å². The first-order chi connectivity index (χ1) is 13.0. The summed E-state index contributed by atoms with van der Waals surface area (Å²) in [5.74, 6) is -8.62. The molecule has 2 aromatic rings. The van der Waals surface area contributed by atoms with Crippen LogP contribution in [0.2, 0.25) is 0 Å². The van der Waals surface area contributed by atoms with E-state index in [1.54, 1.807) is 12.1 Å². The summed E-state index contributed by atoms with van der Waals surface area (Å²) < 4.78 is 63.1. The Labute approximate surface area is 152 Å². The molecule has 0 aliphatic carbocycles. The van der Waals surface area contributed by atoms with Crippen LogP contribution >= 0.6 is 0 Å². The van der Waals surface area contributed by atoms with E-state index in [0.717, 1.165) is 18.8 Å². The fraction of sp³-hybridized carbons (Fsp3) is 0.278. The van der Waals surface area contributed by atoms with Crippen molar-refractivity contribution < 1.29 is 31.8 Å². The molecule has 2 aromatic carbocycles. The van der Waals surface area contributed by atoms with Crippen LogP contribution in [-0.2, 0) is 9.53 Å². The summed E-state index contributed by atoms with van der Waals surface area (Å²) in [7, 11) is 0. The number of amides is 1. The van der Waals surface area contributed by atoms with E-state index >= 15 is 0 Å². The minimum Gasteiger partial charge on any atom is -0.477 e. The smallest absolute Gasteiger partial charge is 0.262 e. The SMILES string of the molecule is O=C(COc1c(F)c(F)cc(F)c1F)Nc1ccc(N2CCOCC2)cc1. The molecule has 0 radical (unpaired) electrons. The van der Waals surface area contributed by atoms with E-state index in [-0.39, 0.29) is 6.07 Å². The molecular weight excluding hydrogens is 368 g/mol. The van der Waals surface area contributed by atoms with Crippen molar-refractivity contribution in [1.82, 2.24) is 0 Å². The first-order valence-electron chi connectivity index (χ1n) is 8.14. The van der Waals surface area contributed by atoms with E-state index in [9.17, 15) is 22.4 Å². The Balaban J connectivity index is 1.58. The number of nitrogens with zero attached hydrogens (tertiary/aromatic N) is 1. The quantitative estimate of drug-likeness (QED) is 0.636. The molecule has 27 heavy (non-hydrogen) atoms. The van der Waals surface area contributed by atoms with Crippen LogP contribution in [0.15, 0.2) is 30.3 Å². The van der Waals surface area contributed by atoms with Crippen LogP contribution in [0.25, 0.3) is 0 Å². The molecule has 1 saturated heterocycles. The zero-order valence-corrected chi connectivity index (χ0v) is 14.1. The number of carbonyl (C=O) groups is 1. The summed E-state index contributed by atoms with van der Waals surface area (Å²) in [6.45, 7) is 2.00. The van der Waals surface area contributed by atoms with Crippen molar-refractivity contribution in [3.05, 3.63) is 53.6 Å². The van der Waals surface area contributed by atoms with Gasteiger partial charge in [0.25, 0.3) is 5.91 Å². The van der Waals surface area contributed by atoms with Gasteiger partial charge in [0.15, 0.2) is 24.0 Å². The summed E-state index contributed by atoms with van der Waals surface area (Å²) in [6.07, 6.45) is 0. The molecule has 9 heteroatoms. The van der Waals surface area contributed by atoms with E-state index < -0.39 is 41.5 Å². The van der Waals surface area contributed by atoms with Crippen molar-refractivity contribution in [1.29, 1.82) is 0 Å². The minimum atomic E-state index is -1.70. The minimum absolute atomic E-state index is 0.0631. The lowest BCUT2D eigenvalue weighted by atomic mass is 10.2. The van der Waals surface area contributed by atoms with Crippen molar-refractivity contribution in [3.8, 4) is 5.75 Å². The van der Waals surface area contributed by atoms with Crippen LogP contribution in [0.3, 0.4) is 0 Å². The van der Waals surface area contributed by atoms with E-state index in [4.69, 9.17) is 4.74 Å². The molecule has 0 aromatic heterocycles. The highest BCUT2D eigenvalue weighted by atomic mass is 19.2. The summed E-state index contributed by atoms with van der Waals surface area (Å²) in [5.41, 5.74) is 1.40. The van der Waals surface area contributed by atoms with Gasteiger partial charge in [-0.1, -0.05) is 0 Å². The first-order valence-corrected chi connectivity index (χ1v) is 8.14. The molecule has 1 fully saturated rings. The molecule has 1 amide bonds. The topological polar surface area (TPSA) is 50.8 Å². The maximum absolute atomic E-state index is 13.5. The highest BCUT2D eigenvalue weighted by Gasteiger charge is 2.21.